The van der Waals surface area contributed by atoms with E-state index in [0.29, 0.717) is 53.4 Å². The van der Waals surface area contributed by atoms with Gasteiger partial charge in [-0.05, 0) is 53.7 Å². The van der Waals surface area contributed by atoms with Crippen molar-refractivity contribution in [1.82, 2.24) is 24.4 Å². The molecule has 1 saturated heterocycles. The summed E-state index contributed by atoms with van der Waals surface area (Å²) in [7, 11) is 0. The second-order valence-electron chi connectivity index (χ2n) is 10.4. The van der Waals surface area contributed by atoms with E-state index in [1.54, 1.807) is 47.8 Å². The molecule has 1 N–H and O–H groups in total. The average molecular weight is 478 g/mol. The Morgan fingerprint density at radius 1 is 1.20 bits per heavy atom. The van der Waals surface area contributed by atoms with Gasteiger partial charge in [-0.25, -0.2) is 19.7 Å². The highest BCUT2D eigenvalue weighted by Gasteiger charge is 2.34. The van der Waals surface area contributed by atoms with Crippen molar-refractivity contribution in [2.24, 2.45) is 0 Å². The summed E-state index contributed by atoms with van der Waals surface area (Å²) in [5, 5.41) is 21.1. The maximum Gasteiger partial charge on any atom is 0.410 e. The SMILES string of the molecule is CC1CN(C(=O)OC(C)(C)C)CCN1c1ncnc2c1c(C(C)(C)O)cn2-c1cc(C#N)ccn1. The molecule has 10 nitrogen and oxygen atoms in total. The van der Waals surface area contributed by atoms with Gasteiger partial charge in [-0.3, -0.25) is 4.57 Å². The first-order valence-electron chi connectivity index (χ1n) is 11.6. The van der Waals surface area contributed by atoms with Crippen LogP contribution in [-0.2, 0) is 10.3 Å². The predicted octanol–water partition coefficient (Wildman–Crippen LogP) is 3.36. The first-order chi connectivity index (χ1) is 16.4. The van der Waals surface area contributed by atoms with E-state index < -0.39 is 11.2 Å². The molecule has 1 atom stereocenters. The molecule has 0 spiro atoms. The van der Waals surface area contributed by atoms with Crippen LogP contribution >= 0.6 is 0 Å². The van der Waals surface area contributed by atoms with Crippen LogP contribution in [0.5, 0.6) is 0 Å². The van der Waals surface area contributed by atoms with Crippen LogP contribution in [0.2, 0.25) is 0 Å². The van der Waals surface area contributed by atoms with Crippen molar-refractivity contribution >= 4 is 22.9 Å². The Balaban J connectivity index is 1.76. The molecule has 0 aliphatic carbocycles. The van der Waals surface area contributed by atoms with Gasteiger partial charge in [0.25, 0.3) is 0 Å². The van der Waals surface area contributed by atoms with Crippen LogP contribution in [0.3, 0.4) is 0 Å². The van der Waals surface area contributed by atoms with E-state index in [9.17, 15) is 15.2 Å². The van der Waals surface area contributed by atoms with E-state index in [1.807, 2.05) is 27.7 Å². The highest BCUT2D eigenvalue weighted by atomic mass is 16.6. The van der Waals surface area contributed by atoms with Gasteiger partial charge in [0.2, 0.25) is 0 Å². The lowest BCUT2D eigenvalue weighted by atomic mass is 9.98. The summed E-state index contributed by atoms with van der Waals surface area (Å²) in [6, 6.07) is 5.40. The molecule has 1 aliphatic rings. The molecule has 0 radical (unpaired) electrons. The Bertz CT molecular complexity index is 1300. The molecule has 1 amide bonds. The molecule has 0 aromatic carbocycles. The van der Waals surface area contributed by atoms with Gasteiger partial charge in [-0.2, -0.15) is 5.26 Å². The molecule has 10 heteroatoms. The number of amides is 1. The minimum absolute atomic E-state index is 0.0487. The van der Waals surface area contributed by atoms with Gasteiger partial charge in [-0.1, -0.05) is 0 Å². The summed E-state index contributed by atoms with van der Waals surface area (Å²) in [4.78, 5) is 30.0. The second-order valence-corrected chi connectivity index (χ2v) is 10.4. The molecule has 1 fully saturated rings. The number of aromatic nitrogens is 4. The number of hydrogen-bond donors (Lipinski definition) is 1. The summed E-state index contributed by atoms with van der Waals surface area (Å²) >= 11 is 0. The fraction of sp³-hybridized carbons (Fsp3) is 0.480. The quantitative estimate of drug-likeness (QED) is 0.610. The summed E-state index contributed by atoms with van der Waals surface area (Å²) in [5.41, 5.74) is -0.0388. The van der Waals surface area contributed by atoms with Crippen LogP contribution in [0.4, 0.5) is 10.6 Å². The molecule has 3 aromatic rings. The number of nitriles is 1. The van der Waals surface area contributed by atoms with Gasteiger partial charge in [-0.15, -0.1) is 0 Å². The molecule has 1 unspecified atom stereocenters. The summed E-state index contributed by atoms with van der Waals surface area (Å²) < 4.78 is 7.32. The number of nitrogens with zero attached hydrogens (tertiary/aromatic N) is 7. The van der Waals surface area contributed by atoms with Gasteiger partial charge in [0.05, 0.1) is 22.6 Å². The van der Waals surface area contributed by atoms with Crippen LogP contribution < -0.4 is 4.90 Å². The fourth-order valence-corrected chi connectivity index (χ4v) is 4.29. The van der Waals surface area contributed by atoms with E-state index >= 15 is 0 Å². The predicted molar refractivity (Wildman–Crippen MR) is 131 cm³/mol. The van der Waals surface area contributed by atoms with Crippen molar-refractivity contribution < 1.29 is 14.6 Å². The number of anilines is 1. The number of hydrogen-bond acceptors (Lipinski definition) is 8. The Kier molecular flexibility index (Phi) is 6.15. The molecule has 4 heterocycles. The molecule has 184 valence electrons. The molecule has 35 heavy (non-hydrogen) atoms. The van der Waals surface area contributed by atoms with Crippen LogP contribution in [0.15, 0.2) is 30.9 Å². The lowest BCUT2D eigenvalue weighted by Crippen LogP contribution is -2.55. The normalized spacial score (nSPS) is 16.9. The van der Waals surface area contributed by atoms with Crippen molar-refractivity contribution in [1.29, 1.82) is 5.26 Å². The molecule has 0 saturated carbocycles. The summed E-state index contributed by atoms with van der Waals surface area (Å²) in [5.74, 6) is 1.20. The van der Waals surface area contributed by atoms with Crippen LogP contribution in [0.1, 0.15) is 52.7 Å². The maximum absolute atomic E-state index is 12.6. The second kappa shape index (κ2) is 8.82. The molecule has 1 aliphatic heterocycles. The van der Waals surface area contributed by atoms with Crippen molar-refractivity contribution in [3.05, 3.63) is 42.0 Å². The lowest BCUT2D eigenvalue weighted by Gasteiger charge is -2.41. The molecule has 0 bridgehead atoms. The molecule has 4 rings (SSSR count). The lowest BCUT2D eigenvalue weighted by molar-refractivity contribution is 0.0218. The highest BCUT2D eigenvalue weighted by molar-refractivity contribution is 5.93. The topological polar surface area (TPSA) is 120 Å². The van der Waals surface area contributed by atoms with Crippen molar-refractivity contribution in [3.63, 3.8) is 0 Å². The maximum atomic E-state index is 12.6. The zero-order chi connectivity index (χ0) is 25.5. The molecular weight excluding hydrogens is 446 g/mol. The van der Waals surface area contributed by atoms with Gasteiger partial charge >= 0.3 is 6.09 Å². The number of piperazine rings is 1. The Morgan fingerprint density at radius 2 is 1.94 bits per heavy atom. The van der Waals surface area contributed by atoms with Crippen molar-refractivity contribution in [3.8, 4) is 11.9 Å². The Morgan fingerprint density at radius 3 is 2.57 bits per heavy atom. The van der Waals surface area contributed by atoms with E-state index in [4.69, 9.17) is 4.74 Å². The number of carbonyl (C=O) groups excluding carboxylic acids is 1. The standard InChI is InChI=1S/C25H31N7O3/c1-16-13-30(23(33)35-24(2,3)4)9-10-31(16)21-20-18(25(5,6)34)14-32(22(20)29-15-28-21)19-11-17(12-26)7-8-27-19/h7-8,11,14-16,34H,9-10,13H2,1-6H3. The van der Waals surface area contributed by atoms with E-state index in [2.05, 4.69) is 25.9 Å². The van der Waals surface area contributed by atoms with Crippen LogP contribution in [0, 0.1) is 11.3 Å². The summed E-state index contributed by atoms with van der Waals surface area (Å²) in [6.45, 7) is 12.5. The third-order valence-corrected chi connectivity index (χ3v) is 5.89. The van der Waals surface area contributed by atoms with Crippen LogP contribution in [0.25, 0.3) is 16.9 Å². The smallest absolute Gasteiger partial charge is 0.410 e. The van der Waals surface area contributed by atoms with Gasteiger partial charge in [0.15, 0.2) is 5.65 Å². The molecule has 3 aromatic heterocycles. The molecular formula is C25H31N7O3. The van der Waals surface area contributed by atoms with Gasteiger partial charge in [0, 0.05) is 43.6 Å². The average Bonchev–Trinajstić information content (AvgIpc) is 3.18. The largest absolute Gasteiger partial charge is 0.444 e. The van der Waals surface area contributed by atoms with E-state index in [-0.39, 0.29) is 12.1 Å². The van der Waals surface area contributed by atoms with E-state index in [1.165, 1.54) is 6.33 Å². The first kappa shape index (κ1) is 24.4. The zero-order valence-corrected chi connectivity index (χ0v) is 21.0. The number of pyridine rings is 1. The minimum atomic E-state index is -1.18. The monoisotopic (exact) mass is 477 g/mol. The minimum Gasteiger partial charge on any atom is -0.444 e. The number of fused-ring (bicyclic) bond motifs is 1. The van der Waals surface area contributed by atoms with E-state index in [0.717, 1.165) is 0 Å². The number of ether oxygens (including phenoxy) is 1. The van der Waals surface area contributed by atoms with Crippen molar-refractivity contribution in [2.75, 3.05) is 24.5 Å². The zero-order valence-electron chi connectivity index (χ0n) is 21.0. The first-order valence-corrected chi connectivity index (χ1v) is 11.6. The summed E-state index contributed by atoms with van der Waals surface area (Å²) in [6.07, 6.45) is 4.53. The van der Waals surface area contributed by atoms with Crippen LogP contribution in [-0.4, -0.2) is 66.9 Å². The fourth-order valence-electron chi connectivity index (χ4n) is 4.29. The van der Waals surface area contributed by atoms with Crippen molar-refractivity contribution in [2.45, 2.75) is 58.8 Å². The third-order valence-electron chi connectivity index (χ3n) is 5.89. The van der Waals surface area contributed by atoms with Gasteiger partial charge in [0.1, 0.15) is 23.6 Å². The Labute approximate surface area is 204 Å². The number of aliphatic hydroxyl groups is 1. The van der Waals surface area contributed by atoms with Gasteiger partial charge < -0.3 is 19.6 Å². The third kappa shape index (κ3) is 4.91. The number of carbonyl (C=O) groups is 1. The Hall–Kier alpha value is -3.71. The number of rotatable bonds is 3. The highest BCUT2D eigenvalue weighted by Crippen LogP contribution is 2.37.